The van der Waals surface area contributed by atoms with Crippen LogP contribution in [0.3, 0.4) is 0 Å². The second kappa shape index (κ2) is 8.13. The predicted molar refractivity (Wildman–Crippen MR) is 97.6 cm³/mol. The zero-order chi connectivity index (χ0) is 18.5. The highest BCUT2D eigenvalue weighted by molar-refractivity contribution is 5.79. The number of halogens is 1. The summed E-state index contributed by atoms with van der Waals surface area (Å²) in [7, 11) is 0. The molecule has 3 rings (SSSR count). The molecule has 1 saturated carbocycles. The van der Waals surface area contributed by atoms with Crippen LogP contribution in [-0.2, 0) is 16.1 Å². The first kappa shape index (κ1) is 18.1. The largest absolute Gasteiger partial charge is 0.349 e. The summed E-state index contributed by atoms with van der Waals surface area (Å²) in [6, 6.07) is 15.8. The second-order valence-corrected chi connectivity index (χ2v) is 6.71. The molecule has 0 heterocycles. The van der Waals surface area contributed by atoms with E-state index in [1.807, 2.05) is 30.3 Å². The Morgan fingerprint density at radius 1 is 1.12 bits per heavy atom. The lowest BCUT2D eigenvalue weighted by molar-refractivity contribution is -0.133. The van der Waals surface area contributed by atoms with Gasteiger partial charge in [0.2, 0.25) is 11.8 Å². The summed E-state index contributed by atoms with van der Waals surface area (Å²) in [5.74, 6) is -0.551. The fourth-order valence-corrected chi connectivity index (χ4v) is 3.09. The van der Waals surface area contributed by atoms with E-state index in [2.05, 4.69) is 5.32 Å². The smallest absolute Gasteiger partial charge is 0.225 e. The number of hydrogen-bond acceptors (Lipinski definition) is 2. The van der Waals surface area contributed by atoms with E-state index in [4.69, 9.17) is 0 Å². The van der Waals surface area contributed by atoms with Crippen molar-refractivity contribution in [2.24, 2.45) is 0 Å². The normalized spacial score (nSPS) is 14.5. The zero-order valence-electron chi connectivity index (χ0n) is 14.8. The van der Waals surface area contributed by atoms with Crippen molar-refractivity contribution in [2.75, 3.05) is 0 Å². The molecule has 1 atom stereocenters. The Bertz CT molecular complexity index is 775. The summed E-state index contributed by atoms with van der Waals surface area (Å²) in [5, 5.41) is 2.86. The van der Waals surface area contributed by atoms with E-state index in [1.54, 1.807) is 23.1 Å². The molecule has 0 aliphatic heterocycles. The maximum absolute atomic E-state index is 14.0. The van der Waals surface area contributed by atoms with Crippen molar-refractivity contribution in [3.8, 4) is 0 Å². The van der Waals surface area contributed by atoms with Crippen molar-refractivity contribution < 1.29 is 14.0 Å². The average molecular weight is 354 g/mol. The molecule has 0 aromatic heterocycles. The van der Waals surface area contributed by atoms with Crippen molar-refractivity contribution in [1.82, 2.24) is 10.2 Å². The highest BCUT2D eigenvalue weighted by Gasteiger charge is 2.34. The first-order chi connectivity index (χ1) is 12.5. The number of rotatable bonds is 7. The molecule has 0 radical (unpaired) electrons. The molecule has 1 N–H and O–H groups in total. The van der Waals surface area contributed by atoms with Gasteiger partial charge in [-0.2, -0.15) is 0 Å². The van der Waals surface area contributed by atoms with Crippen LogP contribution in [0.15, 0.2) is 54.6 Å². The topological polar surface area (TPSA) is 49.4 Å². The molecule has 26 heavy (non-hydrogen) atoms. The van der Waals surface area contributed by atoms with Gasteiger partial charge in [-0.3, -0.25) is 9.59 Å². The third-order valence-electron chi connectivity index (χ3n) is 4.56. The first-order valence-corrected chi connectivity index (χ1v) is 8.89. The van der Waals surface area contributed by atoms with Crippen LogP contribution in [0.2, 0.25) is 0 Å². The van der Waals surface area contributed by atoms with Crippen molar-refractivity contribution in [2.45, 2.75) is 44.8 Å². The van der Waals surface area contributed by atoms with Gasteiger partial charge < -0.3 is 10.2 Å². The summed E-state index contributed by atoms with van der Waals surface area (Å²) in [6.07, 6.45) is 2.04. The summed E-state index contributed by atoms with van der Waals surface area (Å²) in [5.41, 5.74) is 1.40. The van der Waals surface area contributed by atoms with E-state index in [-0.39, 0.29) is 42.7 Å². The molecule has 136 valence electrons. The van der Waals surface area contributed by atoms with E-state index in [0.29, 0.717) is 5.56 Å². The van der Waals surface area contributed by atoms with E-state index in [9.17, 15) is 14.0 Å². The molecule has 0 spiro atoms. The number of carbonyl (C=O) groups is 2. The Morgan fingerprint density at radius 3 is 2.38 bits per heavy atom. The van der Waals surface area contributed by atoms with Crippen LogP contribution in [0.5, 0.6) is 0 Å². The molecule has 1 aliphatic rings. The monoisotopic (exact) mass is 354 g/mol. The second-order valence-electron chi connectivity index (χ2n) is 6.71. The van der Waals surface area contributed by atoms with Gasteiger partial charge in [0, 0.05) is 25.1 Å². The number of nitrogens with zero attached hydrogens (tertiary/aromatic N) is 1. The number of amides is 2. The minimum atomic E-state index is -0.386. The molecular formula is C21H23FN2O2. The van der Waals surface area contributed by atoms with Crippen LogP contribution < -0.4 is 5.32 Å². The summed E-state index contributed by atoms with van der Waals surface area (Å²) < 4.78 is 14.0. The predicted octanol–water partition coefficient (Wildman–Crippen LogP) is 3.58. The van der Waals surface area contributed by atoms with E-state index in [1.165, 1.54) is 13.0 Å². The van der Waals surface area contributed by atoms with Crippen LogP contribution >= 0.6 is 0 Å². The molecule has 4 nitrogen and oxygen atoms in total. The Labute approximate surface area is 153 Å². The van der Waals surface area contributed by atoms with Crippen molar-refractivity contribution in [3.63, 3.8) is 0 Å². The SMILES string of the molecule is CC(=O)NC(CC(=O)N(Cc1ccccc1F)C1CC1)c1ccccc1. The number of hydrogen-bond donors (Lipinski definition) is 1. The number of nitrogens with one attached hydrogen (secondary N) is 1. The van der Waals surface area contributed by atoms with Gasteiger partial charge >= 0.3 is 0 Å². The van der Waals surface area contributed by atoms with Gasteiger partial charge in [0.05, 0.1) is 12.5 Å². The van der Waals surface area contributed by atoms with Crippen LogP contribution in [0.4, 0.5) is 4.39 Å². The average Bonchev–Trinajstić information content (AvgIpc) is 3.45. The highest BCUT2D eigenvalue weighted by Crippen LogP contribution is 2.31. The Hall–Kier alpha value is -2.69. The third-order valence-corrected chi connectivity index (χ3v) is 4.56. The summed E-state index contributed by atoms with van der Waals surface area (Å²) in [6.45, 7) is 1.70. The zero-order valence-corrected chi connectivity index (χ0v) is 14.8. The van der Waals surface area contributed by atoms with Crippen LogP contribution in [-0.4, -0.2) is 22.8 Å². The quantitative estimate of drug-likeness (QED) is 0.826. The van der Waals surface area contributed by atoms with Crippen LogP contribution in [0.25, 0.3) is 0 Å². The molecule has 2 aromatic rings. The molecule has 1 unspecified atom stereocenters. The minimum absolute atomic E-state index is 0.0710. The van der Waals surface area contributed by atoms with Gasteiger partial charge in [-0.15, -0.1) is 0 Å². The number of carbonyl (C=O) groups excluding carboxylic acids is 2. The van der Waals surface area contributed by atoms with Gasteiger partial charge in [0.25, 0.3) is 0 Å². The van der Waals surface area contributed by atoms with Crippen LogP contribution in [0, 0.1) is 5.82 Å². The lowest BCUT2D eigenvalue weighted by Gasteiger charge is -2.26. The standard InChI is InChI=1S/C21H23FN2O2/c1-15(25)23-20(16-7-3-2-4-8-16)13-21(26)24(18-11-12-18)14-17-9-5-6-10-19(17)22/h2-10,18,20H,11-14H2,1H3,(H,23,25). The third kappa shape index (κ3) is 4.69. The van der Waals surface area contributed by atoms with Crippen molar-refractivity contribution in [3.05, 3.63) is 71.5 Å². The van der Waals surface area contributed by atoms with Gasteiger partial charge in [-0.25, -0.2) is 4.39 Å². The minimum Gasteiger partial charge on any atom is -0.349 e. The maximum Gasteiger partial charge on any atom is 0.225 e. The maximum atomic E-state index is 14.0. The Balaban J connectivity index is 1.75. The fourth-order valence-electron chi connectivity index (χ4n) is 3.09. The van der Waals surface area contributed by atoms with E-state index in [0.717, 1.165) is 18.4 Å². The van der Waals surface area contributed by atoms with Crippen molar-refractivity contribution >= 4 is 11.8 Å². The molecular weight excluding hydrogens is 331 g/mol. The molecule has 2 amide bonds. The van der Waals surface area contributed by atoms with Gasteiger partial charge in [0.1, 0.15) is 5.82 Å². The molecule has 1 fully saturated rings. The van der Waals surface area contributed by atoms with Gasteiger partial charge in [-0.05, 0) is 24.5 Å². The lowest BCUT2D eigenvalue weighted by atomic mass is 10.0. The Kier molecular flexibility index (Phi) is 5.66. The van der Waals surface area contributed by atoms with Crippen LogP contribution in [0.1, 0.15) is 43.4 Å². The number of benzene rings is 2. The lowest BCUT2D eigenvalue weighted by Crippen LogP contribution is -2.37. The molecule has 5 heteroatoms. The first-order valence-electron chi connectivity index (χ1n) is 8.89. The van der Waals surface area contributed by atoms with Gasteiger partial charge in [-0.1, -0.05) is 48.5 Å². The summed E-state index contributed by atoms with van der Waals surface area (Å²) >= 11 is 0. The highest BCUT2D eigenvalue weighted by atomic mass is 19.1. The Morgan fingerprint density at radius 2 is 1.77 bits per heavy atom. The molecule has 1 aliphatic carbocycles. The van der Waals surface area contributed by atoms with Crippen molar-refractivity contribution in [1.29, 1.82) is 0 Å². The molecule has 0 saturated heterocycles. The molecule has 0 bridgehead atoms. The fraction of sp³-hybridized carbons (Fsp3) is 0.333. The summed E-state index contributed by atoms with van der Waals surface area (Å²) in [4.78, 5) is 26.3. The van der Waals surface area contributed by atoms with Gasteiger partial charge in [0.15, 0.2) is 0 Å². The van der Waals surface area contributed by atoms with E-state index >= 15 is 0 Å². The molecule has 2 aromatic carbocycles. The van der Waals surface area contributed by atoms with E-state index < -0.39 is 0 Å².